The van der Waals surface area contributed by atoms with E-state index in [1.54, 1.807) is 21.6 Å². The van der Waals surface area contributed by atoms with Gasteiger partial charge in [-0.3, -0.25) is 9.59 Å². The van der Waals surface area contributed by atoms with Crippen molar-refractivity contribution < 1.29 is 9.59 Å². The molecule has 1 unspecified atom stereocenters. The molecule has 1 fully saturated rings. The SMILES string of the molecule is Cn1ccsc1=NC(=O)C1CCCN1C(=O)c1ccc(Br)cc1. The molecule has 0 N–H and O–H groups in total. The molecule has 2 aromatic rings. The van der Waals surface area contributed by atoms with E-state index in [-0.39, 0.29) is 11.8 Å². The van der Waals surface area contributed by atoms with Crippen molar-refractivity contribution >= 4 is 39.1 Å². The summed E-state index contributed by atoms with van der Waals surface area (Å²) in [7, 11) is 1.85. The monoisotopic (exact) mass is 393 g/mol. The lowest BCUT2D eigenvalue weighted by Crippen LogP contribution is -2.40. The highest BCUT2D eigenvalue weighted by Gasteiger charge is 2.34. The molecule has 5 nitrogen and oxygen atoms in total. The van der Waals surface area contributed by atoms with Gasteiger partial charge in [0.1, 0.15) is 6.04 Å². The first-order chi connectivity index (χ1) is 11.1. The maximum atomic E-state index is 12.7. The van der Waals surface area contributed by atoms with Crippen LogP contribution >= 0.6 is 27.3 Å². The molecule has 23 heavy (non-hydrogen) atoms. The van der Waals surface area contributed by atoms with E-state index in [0.717, 1.165) is 10.9 Å². The molecule has 120 valence electrons. The lowest BCUT2D eigenvalue weighted by molar-refractivity contribution is -0.121. The zero-order valence-corrected chi connectivity index (χ0v) is 15.0. The van der Waals surface area contributed by atoms with Gasteiger partial charge in [0.05, 0.1) is 0 Å². The van der Waals surface area contributed by atoms with E-state index in [4.69, 9.17) is 0 Å². The van der Waals surface area contributed by atoms with Crippen LogP contribution in [0.3, 0.4) is 0 Å². The normalized spacial score (nSPS) is 18.4. The molecule has 0 spiro atoms. The van der Waals surface area contributed by atoms with Gasteiger partial charge in [-0.2, -0.15) is 4.99 Å². The highest BCUT2D eigenvalue weighted by molar-refractivity contribution is 9.10. The molecule has 0 radical (unpaired) electrons. The number of thiazole rings is 1. The quantitative estimate of drug-likeness (QED) is 0.786. The van der Waals surface area contributed by atoms with E-state index in [0.29, 0.717) is 23.3 Å². The Morgan fingerprint density at radius 3 is 2.70 bits per heavy atom. The molecular formula is C16H16BrN3O2S. The van der Waals surface area contributed by atoms with Gasteiger partial charge in [-0.25, -0.2) is 0 Å². The first kappa shape index (κ1) is 16.1. The number of aryl methyl sites for hydroxylation is 1. The summed E-state index contributed by atoms with van der Waals surface area (Å²) < 4.78 is 2.72. The highest BCUT2D eigenvalue weighted by atomic mass is 79.9. The molecule has 2 amide bonds. The molecule has 0 saturated carbocycles. The first-order valence-corrected chi connectivity index (χ1v) is 8.99. The van der Waals surface area contributed by atoms with E-state index in [9.17, 15) is 9.59 Å². The largest absolute Gasteiger partial charge is 0.327 e. The molecule has 0 bridgehead atoms. The molecule has 7 heteroatoms. The average molecular weight is 394 g/mol. The predicted octanol–water partition coefficient (Wildman–Crippen LogP) is 2.58. The van der Waals surface area contributed by atoms with Gasteiger partial charge in [-0.1, -0.05) is 15.9 Å². The average Bonchev–Trinajstić information content (AvgIpc) is 3.17. The van der Waals surface area contributed by atoms with Crippen molar-refractivity contribution in [2.45, 2.75) is 18.9 Å². The number of aromatic nitrogens is 1. The second kappa shape index (κ2) is 6.80. The number of carbonyl (C=O) groups is 2. The Hall–Kier alpha value is -1.73. The maximum absolute atomic E-state index is 12.7. The number of carbonyl (C=O) groups excluding carboxylic acids is 2. The fraction of sp³-hybridized carbons (Fsp3) is 0.312. The van der Waals surface area contributed by atoms with Crippen LogP contribution < -0.4 is 4.80 Å². The molecule has 3 rings (SSSR count). The summed E-state index contributed by atoms with van der Waals surface area (Å²) in [6, 6.07) is 6.73. The smallest absolute Gasteiger partial charge is 0.271 e. The summed E-state index contributed by atoms with van der Waals surface area (Å²) in [5.41, 5.74) is 0.592. The fourth-order valence-corrected chi connectivity index (χ4v) is 3.63. The number of likely N-dealkylation sites (tertiary alicyclic amines) is 1. The van der Waals surface area contributed by atoms with Crippen LogP contribution in [0.25, 0.3) is 0 Å². The maximum Gasteiger partial charge on any atom is 0.271 e. The molecule has 1 aromatic carbocycles. The predicted molar refractivity (Wildman–Crippen MR) is 92.1 cm³/mol. The third kappa shape index (κ3) is 3.45. The molecule has 1 aromatic heterocycles. The first-order valence-electron chi connectivity index (χ1n) is 7.31. The summed E-state index contributed by atoms with van der Waals surface area (Å²) in [6.07, 6.45) is 3.35. The molecule has 1 aliphatic heterocycles. The van der Waals surface area contributed by atoms with Gasteiger partial charge >= 0.3 is 0 Å². The van der Waals surface area contributed by atoms with Crippen molar-refractivity contribution in [2.75, 3.05) is 6.54 Å². The van der Waals surface area contributed by atoms with Gasteiger partial charge in [0.15, 0.2) is 4.80 Å². The topological polar surface area (TPSA) is 54.7 Å². The summed E-state index contributed by atoms with van der Waals surface area (Å²) in [6.45, 7) is 0.595. The van der Waals surface area contributed by atoms with Crippen LogP contribution in [-0.4, -0.2) is 33.9 Å². The number of hydrogen-bond donors (Lipinski definition) is 0. The standard InChI is InChI=1S/C16H16BrN3O2S/c1-19-9-10-23-16(19)18-14(21)13-3-2-8-20(13)15(22)11-4-6-12(17)7-5-11/h4-7,9-10,13H,2-3,8H2,1H3. The zero-order chi connectivity index (χ0) is 16.4. The second-order valence-corrected chi connectivity index (χ2v) is 7.20. The molecule has 1 aliphatic rings. The Bertz CT molecular complexity index is 794. The minimum Gasteiger partial charge on any atom is -0.327 e. The van der Waals surface area contributed by atoms with Crippen LogP contribution in [-0.2, 0) is 11.8 Å². The number of halogens is 1. The Labute approximate surface area is 146 Å². The summed E-state index contributed by atoms with van der Waals surface area (Å²) in [5, 5.41) is 1.88. The van der Waals surface area contributed by atoms with Gasteiger partial charge in [-0.05, 0) is 37.1 Å². The fourth-order valence-electron chi connectivity index (χ4n) is 2.63. The Morgan fingerprint density at radius 2 is 2.04 bits per heavy atom. The number of benzene rings is 1. The van der Waals surface area contributed by atoms with Gasteiger partial charge < -0.3 is 9.47 Å². The van der Waals surface area contributed by atoms with Crippen molar-refractivity contribution in [1.29, 1.82) is 0 Å². The van der Waals surface area contributed by atoms with E-state index in [1.807, 2.05) is 30.8 Å². The van der Waals surface area contributed by atoms with Gasteiger partial charge in [-0.15, -0.1) is 11.3 Å². The van der Waals surface area contributed by atoms with Crippen molar-refractivity contribution in [2.24, 2.45) is 12.0 Å². The van der Waals surface area contributed by atoms with Crippen LogP contribution in [0.2, 0.25) is 0 Å². The molecule has 2 heterocycles. The Balaban J connectivity index is 1.83. The van der Waals surface area contributed by atoms with Crippen LogP contribution in [0.4, 0.5) is 0 Å². The lowest BCUT2D eigenvalue weighted by Gasteiger charge is -2.22. The Kier molecular flexibility index (Phi) is 4.77. The lowest BCUT2D eigenvalue weighted by atomic mass is 10.1. The molecular weight excluding hydrogens is 378 g/mol. The van der Waals surface area contributed by atoms with Crippen LogP contribution in [0.1, 0.15) is 23.2 Å². The van der Waals surface area contributed by atoms with Gasteiger partial charge in [0, 0.05) is 35.2 Å². The van der Waals surface area contributed by atoms with Crippen molar-refractivity contribution in [1.82, 2.24) is 9.47 Å². The molecule has 0 aliphatic carbocycles. The minimum absolute atomic E-state index is 0.112. The van der Waals surface area contributed by atoms with Crippen LogP contribution in [0.15, 0.2) is 45.3 Å². The van der Waals surface area contributed by atoms with E-state index < -0.39 is 6.04 Å². The molecule has 1 saturated heterocycles. The number of nitrogens with zero attached hydrogens (tertiary/aromatic N) is 3. The van der Waals surface area contributed by atoms with Crippen LogP contribution in [0.5, 0.6) is 0 Å². The van der Waals surface area contributed by atoms with E-state index in [2.05, 4.69) is 20.9 Å². The molecule has 1 atom stereocenters. The number of rotatable bonds is 2. The summed E-state index contributed by atoms with van der Waals surface area (Å²) in [4.78, 5) is 31.6. The van der Waals surface area contributed by atoms with Gasteiger partial charge in [0.2, 0.25) is 0 Å². The van der Waals surface area contributed by atoms with E-state index in [1.165, 1.54) is 11.3 Å². The van der Waals surface area contributed by atoms with Crippen LogP contribution in [0, 0.1) is 0 Å². The number of amides is 2. The second-order valence-electron chi connectivity index (χ2n) is 5.41. The summed E-state index contributed by atoms with van der Waals surface area (Å²) >= 11 is 4.77. The Morgan fingerprint density at radius 1 is 1.30 bits per heavy atom. The van der Waals surface area contributed by atoms with Crippen molar-refractivity contribution in [3.8, 4) is 0 Å². The van der Waals surface area contributed by atoms with Gasteiger partial charge in [0.25, 0.3) is 11.8 Å². The third-order valence-corrected chi connectivity index (χ3v) is 5.23. The number of hydrogen-bond acceptors (Lipinski definition) is 3. The van der Waals surface area contributed by atoms with Crippen molar-refractivity contribution in [3.05, 3.63) is 50.7 Å². The highest BCUT2D eigenvalue weighted by Crippen LogP contribution is 2.22. The third-order valence-electron chi connectivity index (χ3n) is 3.86. The zero-order valence-electron chi connectivity index (χ0n) is 12.6. The summed E-state index contributed by atoms with van der Waals surface area (Å²) in [5.74, 6) is -0.356. The van der Waals surface area contributed by atoms with E-state index >= 15 is 0 Å². The van der Waals surface area contributed by atoms with Crippen molar-refractivity contribution in [3.63, 3.8) is 0 Å². The minimum atomic E-state index is -0.465.